The highest BCUT2D eigenvalue weighted by molar-refractivity contribution is 14.0. The van der Waals surface area contributed by atoms with Crippen molar-refractivity contribution in [3.05, 3.63) is 65.5 Å². The van der Waals surface area contributed by atoms with Crippen LogP contribution in [0.15, 0.2) is 53.5 Å². The maximum absolute atomic E-state index is 13.0. The Labute approximate surface area is 183 Å². The van der Waals surface area contributed by atoms with Crippen molar-refractivity contribution in [2.45, 2.75) is 26.4 Å². The summed E-state index contributed by atoms with van der Waals surface area (Å²) in [7, 11) is 1.65. The molecule has 28 heavy (non-hydrogen) atoms. The van der Waals surface area contributed by atoms with Gasteiger partial charge in [0.2, 0.25) is 0 Å². The van der Waals surface area contributed by atoms with Crippen molar-refractivity contribution in [3.8, 4) is 5.75 Å². The van der Waals surface area contributed by atoms with E-state index in [9.17, 15) is 4.39 Å². The molecule has 0 saturated carbocycles. The first-order valence-electron chi connectivity index (χ1n) is 9.18. The van der Waals surface area contributed by atoms with Crippen LogP contribution >= 0.6 is 24.0 Å². The highest BCUT2D eigenvalue weighted by Crippen LogP contribution is 2.11. The minimum absolute atomic E-state index is 0. The zero-order valence-electron chi connectivity index (χ0n) is 16.4. The first-order valence-corrected chi connectivity index (χ1v) is 9.18. The van der Waals surface area contributed by atoms with Gasteiger partial charge in [-0.15, -0.1) is 24.0 Å². The van der Waals surface area contributed by atoms with E-state index in [1.54, 1.807) is 19.2 Å². The fraction of sp³-hybridized carbons (Fsp3) is 0.381. The van der Waals surface area contributed by atoms with E-state index in [4.69, 9.17) is 9.47 Å². The molecule has 7 heteroatoms. The van der Waals surface area contributed by atoms with Crippen molar-refractivity contribution >= 4 is 29.9 Å². The molecule has 0 aromatic heterocycles. The second-order valence-corrected chi connectivity index (χ2v) is 5.97. The van der Waals surface area contributed by atoms with Gasteiger partial charge in [0.05, 0.1) is 13.7 Å². The molecule has 0 saturated heterocycles. The lowest BCUT2D eigenvalue weighted by molar-refractivity contribution is 0.145. The normalized spacial score (nSPS) is 10.9. The predicted octanol–water partition coefficient (Wildman–Crippen LogP) is 4.11. The highest BCUT2D eigenvalue weighted by atomic mass is 127. The van der Waals surface area contributed by atoms with E-state index >= 15 is 0 Å². The third-order valence-corrected chi connectivity index (χ3v) is 3.91. The maximum atomic E-state index is 13.0. The molecule has 0 aliphatic carbocycles. The molecule has 0 atom stereocenters. The second kappa shape index (κ2) is 14.2. The quantitative estimate of drug-likeness (QED) is 0.223. The second-order valence-electron chi connectivity index (χ2n) is 5.97. The molecule has 2 aromatic rings. The molecule has 0 heterocycles. The van der Waals surface area contributed by atoms with E-state index in [0.29, 0.717) is 25.7 Å². The average molecular weight is 501 g/mol. The van der Waals surface area contributed by atoms with Crippen LogP contribution in [-0.4, -0.2) is 32.8 Å². The zero-order chi connectivity index (χ0) is 19.3. The van der Waals surface area contributed by atoms with E-state index in [0.717, 1.165) is 36.4 Å². The highest BCUT2D eigenvalue weighted by Gasteiger charge is 2.01. The molecule has 2 rings (SSSR count). The summed E-state index contributed by atoms with van der Waals surface area (Å²) >= 11 is 0. The third kappa shape index (κ3) is 9.36. The Hall–Kier alpha value is -1.87. The van der Waals surface area contributed by atoms with Crippen molar-refractivity contribution in [2.75, 3.05) is 26.9 Å². The van der Waals surface area contributed by atoms with E-state index in [1.807, 2.05) is 31.2 Å². The van der Waals surface area contributed by atoms with Crippen LogP contribution in [0.1, 0.15) is 24.5 Å². The molecule has 2 N–H and O–H groups in total. The average Bonchev–Trinajstić information content (AvgIpc) is 2.71. The minimum Gasteiger partial charge on any atom is -0.497 e. The number of ether oxygens (including phenoxy) is 2. The van der Waals surface area contributed by atoms with E-state index in [-0.39, 0.29) is 29.8 Å². The van der Waals surface area contributed by atoms with Crippen LogP contribution in [0.2, 0.25) is 0 Å². The molecule has 154 valence electrons. The molecule has 0 aliphatic heterocycles. The Kier molecular flexibility index (Phi) is 12.2. The van der Waals surface area contributed by atoms with Crippen LogP contribution in [0.25, 0.3) is 0 Å². The molecular formula is C21H29FIN3O2. The number of guanidine groups is 1. The Bertz CT molecular complexity index is 694. The summed E-state index contributed by atoms with van der Waals surface area (Å²) in [6.07, 6.45) is 0.896. The number of rotatable bonds is 10. The number of aliphatic imine (C=N–C) groups is 1. The Morgan fingerprint density at radius 2 is 1.68 bits per heavy atom. The number of benzene rings is 2. The van der Waals surface area contributed by atoms with Crippen molar-refractivity contribution in [2.24, 2.45) is 4.99 Å². The van der Waals surface area contributed by atoms with E-state index in [2.05, 4.69) is 15.6 Å². The molecule has 0 unspecified atom stereocenters. The smallest absolute Gasteiger partial charge is 0.191 e. The van der Waals surface area contributed by atoms with Gasteiger partial charge in [-0.2, -0.15) is 0 Å². The number of halogens is 2. The molecule has 0 spiro atoms. The minimum atomic E-state index is -0.235. The van der Waals surface area contributed by atoms with Crippen molar-refractivity contribution in [1.82, 2.24) is 10.6 Å². The monoisotopic (exact) mass is 501 g/mol. The Morgan fingerprint density at radius 3 is 2.32 bits per heavy atom. The van der Waals surface area contributed by atoms with Gasteiger partial charge in [0.25, 0.3) is 0 Å². The number of nitrogens with zero attached hydrogens (tertiary/aromatic N) is 1. The molecule has 0 amide bonds. The van der Waals surface area contributed by atoms with Gasteiger partial charge in [0, 0.05) is 26.3 Å². The topological polar surface area (TPSA) is 54.9 Å². The van der Waals surface area contributed by atoms with Gasteiger partial charge >= 0.3 is 0 Å². The van der Waals surface area contributed by atoms with Crippen molar-refractivity contribution in [1.29, 1.82) is 0 Å². The van der Waals surface area contributed by atoms with Crippen LogP contribution < -0.4 is 15.4 Å². The summed E-state index contributed by atoms with van der Waals surface area (Å²) < 4.78 is 23.6. The van der Waals surface area contributed by atoms with Gasteiger partial charge < -0.3 is 20.1 Å². The Balaban J connectivity index is 0.00000392. The van der Waals surface area contributed by atoms with E-state index < -0.39 is 0 Å². The molecule has 0 fully saturated rings. The number of hydrogen-bond donors (Lipinski definition) is 2. The van der Waals surface area contributed by atoms with E-state index in [1.165, 1.54) is 12.1 Å². The standard InChI is InChI=1S/C21H28FN3O2.HI/c1-3-27-14-4-13-23-21(24-15-17-5-9-19(22)10-6-17)25-16-18-7-11-20(26-2)12-8-18;/h5-12H,3-4,13-16H2,1-2H3,(H2,23,24,25);1H. The molecule has 2 aromatic carbocycles. The number of hydrogen-bond acceptors (Lipinski definition) is 3. The van der Waals surface area contributed by atoms with Crippen LogP contribution in [0.4, 0.5) is 4.39 Å². The number of methoxy groups -OCH3 is 1. The zero-order valence-corrected chi connectivity index (χ0v) is 18.7. The summed E-state index contributed by atoms with van der Waals surface area (Å²) in [5.41, 5.74) is 2.08. The first kappa shape index (κ1) is 24.2. The van der Waals surface area contributed by atoms with Gasteiger partial charge in [0.15, 0.2) is 5.96 Å². The van der Waals surface area contributed by atoms with Crippen LogP contribution in [0.5, 0.6) is 5.75 Å². The molecule has 0 bridgehead atoms. The summed E-state index contributed by atoms with van der Waals surface area (Å²) in [5, 5.41) is 6.60. The largest absolute Gasteiger partial charge is 0.497 e. The molecular weight excluding hydrogens is 472 g/mol. The van der Waals surface area contributed by atoms with Gasteiger partial charge in [-0.3, -0.25) is 0 Å². The van der Waals surface area contributed by atoms with Gasteiger partial charge in [0.1, 0.15) is 11.6 Å². The molecule has 5 nitrogen and oxygen atoms in total. The lowest BCUT2D eigenvalue weighted by atomic mass is 10.2. The summed E-state index contributed by atoms with van der Waals surface area (Å²) in [6.45, 7) is 5.31. The SMILES string of the molecule is CCOCCCNC(=NCc1ccc(OC)cc1)NCc1ccc(F)cc1.I. The van der Waals surface area contributed by atoms with Gasteiger partial charge in [-0.05, 0) is 48.7 Å². The lowest BCUT2D eigenvalue weighted by Crippen LogP contribution is -2.37. The summed E-state index contributed by atoms with van der Waals surface area (Å²) in [6, 6.07) is 14.3. The molecule has 0 radical (unpaired) electrons. The molecule has 0 aliphatic rings. The summed E-state index contributed by atoms with van der Waals surface area (Å²) in [5.74, 6) is 1.30. The fourth-order valence-electron chi connectivity index (χ4n) is 2.39. The van der Waals surface area contributed by atoms with Crippen LogP contribution in [0, 0.1) is 5.82 Å². The van der Waals surface area contributed by atoms with Gasteiger partial charge in [-0.1, -0.05) is 24.3 Å². The van der Waals surface area contributed by atoms with Crippen LogP contribution in [0.3, 0.4) is 0 Å². The van der Waals surface area contributed by atoms with Crippen LogP contribution in [-0.2, 0) is 17.8 Å². The van der Waals surface area contributed by atoms with Crippen molar-refractivity contribution in [3.63, 3.8) is 0 Å². The van der Waals surface area contributed by atoms with Crippen molar-refractivity contribution < 1.29 is 13.9 Å². The Morgan fingerprint density at radius 1 is 1.00 bits per heavy atom. The third-order valence-electron chi connectivity index (χ3n) is 3.91. The predicted molar refractivity (Wildman–Crippen MR) is 122 cm³/mol. The first-order chi connectivity index (χ1) is 13.2. The van der Waals surface area contributed by atoms with Gasteiger partial charge in [-0.25, -0.2) is 9.38 Å². The fourth-order valence-corrected chi connectivity index (χ4v) is 2.39. The maximum Gasteiger partial charge on any atom is 0.191 e. The number of nitrogens with one attached hydrogen (secondary N) is 2. The summed E-state index contributed by atoms with van der Waals surface area (Å²) in [4.78, 5) is 4.64. The lowest BCUT2D eigenvalue weighted by Gasteiger charge is -2.13.